The number of anilines is 1. The lowest BCUT2D eigenvalue weighted by atomic mass is 10.2. The zero-order chi connectivity index (χ0) is 15.5. The van der Waals surface area contributed by atoms with E-state index in [1.807, 2.05) is 0 Å². The number of carboxylic acid groups (broad SMARTS) is 1. The predicted octanol–water partition coefficient (Wildman–Crippen LogP) is 1.74. The van der Waals surface area contributed by atoms with Crippen molar-refractivity contribution in [3.63, 3.8) is 0 Å². The highest BCUT2D eigenvalue weighted by Crippen LogP contribution is 2.29. The molecule has 0 aliphatic heterocycles. The Morgan fingerprint density at radius 2 is 2.19 bits per heavy atom. The van der Waals surface area contributed by atoms with E-state index >= 15 is 0 Å². The van der Waals surface area contributed by atoms with Crippen molar-refractivity contribution in [2.75, 3.05) is 10.5 Å². The molecule has 0 aliphatic carbocycles. The molecule has 7 nitrogen and oxygen atoms in total. The molecule has 0 atom stereocenters. The summed E-state index contributed by atoms with van der Waals surface area (Å²) in [6.07, 6.45) is 4.16. The van der Waals surface area contributed by atoms with Gasteiger partial charge in [-0.3, -0.25) is 9.52 Å². The van der Waals surface area contributed by atoms with Crippen LogP contribution in [0.25, 0.3) is 5.69 Å². The van der Waals surface area contributed by atoms with E-state index in [9.17, 15) is 13.2 Å². The lowest BCUT2D eigenvalue weighted by molar-refractivity contribution is -0.136. The van der Waals surface area contributed by atoms with Gasteiger partial charge >= 0.3 is 5.97 Å². The van der Waals surface area contributed by atoms with Crippen LogP contribution in [0, 0.1) is 0 Å². The number of rotatable bonds is 6. The molecule has 0 saturated carbocycles. The van der Waals surface area contributed by atoms with Gasteiger partial charge in [-0.1, -0.05) is 17.7 Å². The second kappa shape index (κ2) is 6.15. The second-order valence-corrected chi connectivity index (χ2v) is 6.42. The van der Waals surface area contributed by atoms with E-state index in [0.717, 1.165) is 0 Å². The molecule has 1 heterocycles. The molecular formula is C12H12ClN3O4S. The maximum atomic E-state index is 11.9. The lowest BCUT2D eigenvalue weighted by Crippen LogP contribution is -2.19. The molecule has 0 fully saturated rings. The van der Waals surface area contributed by atoms with E-state index in [0.29, 0.717) is 10.7 Å². The third kappa shape index (κ3) is 3.96. The Morgan fingerprint density at radius 3 is 2.81 bits per heavy atom. The molecule has 1 aromatic carbocycles. The first-order valence-corrected chi connectivity index (χ1v) is 7.91. The minimum Gasteiger partial charge on any atom is -0.481 e. The van der Waals surface area contributed by atoms with Gasteiger partial charge < -0.3 is 9.67 Å². The average molecular weight is 330 g/mol. The highest BCUT2D eigenvalue weighted by molar-refractivity contribution is 7.92. The molecule has 0 saturated heterocycles. The molecule has 2 aromatic rings. The summed E-state index contributed by atoms with van der Waals surface area (Å²) in [6.45, 7) is 0. The van der Waals surface area contributed by atoms with Gasteiger partial charge in [-0.15, -0.1) is 0 Å². The van der Waals surface area contributed by atoms with E-state index < -0.39 is 28.2 Å². The molecule has 2 rings (SSSR count). The molecular weight excluding hydrogens is 318 g/mol. The number of imidazole rings is 1. The van der Waals surface area contributed by atoms with Crippen molar-refractivity contribution in [2.24, 2.45) is 0 Å². The quantitative estimate of drug-likeness (QED) is 0.840. The number of hydrogen-bond donors (Lipinski definition) is 2. The van der Waals surface area contributed by atoms with Crippen LogP contribution in [-0.2, 0) is 14.8 Å². The number of nitrogens with one attached hydrogen (secondary N) is 1. The summed E-state index contributed by atoms with van der Waals surface area (Å²) in [5.41, 5.74) is 0.682. The van der Waals surface area contributed by atoms with Crippen LogP contribution in [0.15, 0.2) is 36.9 Å². The zero-order valence-electron chi connectivity index (χ0n) is 10.7. The van der Waals surface area contributed by atoms with Gasteiger partial charge in [-0.05, 0) is 12.1 Å². The number of para-hydroxylation sites is 1. The number of sulfonamides is 1. The van der Waals surface area contributed by atoms with Gasteiger partial charge in [0.05, 0.1) is 34.9 Å². The van der Waals surface area contributed by atoms with Crippen LogP contribution in [0.1, 0.15) is 6.42 Å². The summed E-state index contributed by atoms with van der Waals surface area (Å²) in [4.78, 5) is 14.4. The third-order valence-electron chi connectivity index (χ3n) is 2.60. The first-order chi connectivity index (χ1) is 9.89. The number of halogens is 1. The Hall–Kier alpha value is -2.06. The fourth-order valence-corrected chi connectivity index (χ4v) is 3.01. The van der Waals surface area contributed by atoms with E-state index in [1.165, 1.54) is 12.5 Å². The summed E-state index contributed by atoms with van der Waals surface area (Å²) >= 11 is 6.10. The number of aromatic nitrogens is 2. The molecule has 0 radical (unpaired) electrons. The highest BCUT2D eigenvalue weighted by Gasteiger charge is 2.17. The van der Waals surface area contributed by atoms with E-state index in [-0.39, 0.29) is 5.69 Å². The average Bonchev–Trinajstić information content (AvgIpc) is 2.90. The maximum Gasteiger partial charge on any atom is 0.304 e. The molecule has 112 valence electrons. The normalized spacial score (nSPS) is 11.3. The molecule has 0 amide bonds. The van der Waals surface area contributed by atoms with Crippen molar-refractivity contribution in [3.05, 3.63) is 41.9 Å². The van der Waals surface area contributed by atoms with E-state index in [2.05, 4.69) is 9.71 Å². The number of benzene rings is 1. The van der Waals surface area contributed by atoms with Crippen LogP contribution in [0.5, 0.6) is 0 Å². The summed E-state index contributed by atoms with van der Waals surface area (Å²) in [5, 5.41) is 8.91. The van der Waals surface area contributed by atoms with Gasteiger partial charge in [0.1, 0.15) is 0 Å². The molecule has 2 N–H and O–H groups in total. The summed E-state index contributed by atoms with van der Waals surface area (Å²) < 4.78 is 27.7. The number of carbonyl (C=O) groups is 1. The van der Waals surface area contributed by atoms with Gasteiger partial charge in [-0.2, -0.15) is 0 Å². The fourth-order valence-electron chi connectivity index (χ4n) is 1.69. The standard InChI is InChI=1S/C12H12ClN3O4S/c13-9-2-1-3-10(12(9)16-6-5-14-8-16)15-21(19,20)7-4-11(17)18/h1-3,5-6,8,15H,4,7H2,(H,17,18). The minimum absolute atomic E-state index is 0.255. The molecule has 0 spiro atoms. The van der Waals surface area contributed by atoms with E-state index in [4.69, 9.17) is 16.7 Å². The molecule has 1 aromatic heterocycles. The SMILES string of the molecule is O=C(O)CCS(=O)(=O)Nc1cccc(Cl)c1-n1ccnc1. The first-order valence-electron chi connectivity index (χ1n) is 5.88. The lowest BCUT2D eigenvalue weighted by Gasteiger charge is -2.14. The molecule has 0 aliphatic rings. The van der Waals surface area contributed by atoms with Crippen molar-refractivity contribution < 1.29 is 18.3 Å². The van der Waals surface area contributed by atoms with E-state index in [1.54, 1.807) is 29.0 Å². The van der Waals surface area contributed by atoms with Crippen molar-refractivity contribution >= 4 is 33.3 Å². The van der Waals surface area contributed by atoms with Crippen LogP contribution in [0.3, 0.4) is 0 Å². The number of hydrogen-bond acceptors (Lipinski definition) is 4. The summed E-state index contributed by atoms with van der Waals surface area (Å²) in [7, 11) is -3.78. The third-order valence-corrected chi connectivity index (χ3v) is 4.18. The van der Waals surface area contributed by atoms with Crippen molar-refractivity contribution in [1.29, 1.82) is 0 Å². The zero-order valence-corrected chi connectivity index (χ0v) is 12.3. The Bertz CT molecular complexity index is 744. The Balaban J connectivity index is 2.33. The Labute approximate surface area is 126 Å². The first kappa shape index (κ1) is 15.3. The topological polar surface area (TPSA) is 101 Å². The van der Waals surface area contributed by atoms with Gasteiger partial charge in [0, 0.05) is 12.4 Å². The summed E-state index contributed by atoms with van der Waals surface area (Å²) in [6, 6.07) is 4.75. The van der Waals surface area contributed by atoms with Crippen molar-refractivity contribution in [1.82, 2.24) is 9.55 Å². The Morgan fingerprint density at radius 1 is 1.43 bits per heavy atom. The van der Waals surface area contributed by atoms with Crippen molar-refractivity contribution in [3.8, 4) is 5.69 Å². The van der Waals surface area contributed by atoms with Gasteiger partial charge in [0.15, 0.2) is 0 Å². The summed E-state index contributed by atoms with van der Waals surface area (Å²) in [5.74, 6) is -1.70. The second-order valence-electron chi connectivity index (χ2n) is 4.17. The predicted molar refractivity (Wildman–Crippen MR) is 78.2 cm³/mol. The number of carboxylic acids is 1. The smallest absolute Gasteiger partial charge is 0.304 e. The van der Waals surface area contributed by atoms with Crippen LogP contribution in [-0.4, -0.2) is 34.8 Å². The maximum absolute atomic E-state index is 11.9. The van der Waals surface area contributed by atoms with Crippen LogP contribution >= 0.6 is 11.6 Å². The molecule has 21 heavy (non-hydrogen) atoms. The largest absolute Gasteiger partial charge is 0.481 e. The van der Waals surface area contributed by atoms with Crippen LogP contribution in [0.4, 0.5) is 5.69 Å². The van der Waals surface area contributed by atoms with Gasteiger partial charge in [0.2, 0.25) is 10.0 Å². The fraction of sp³-hybridized carbons (Fsp3) is 0.167. The minimum atomic E-state index is -3.78. The van der Waals surface area contributed by atoms with Gasteiger partial charge in [-0.25, -0.2) is 13.4 Å². The monoisotopic (exact) mass is 329 g/mol. The van der Waals surface area contributed by atoms with Crippen LogP contribution < -0.4 is 4.72 Å². The molecule has 0 bridgehead atoms. The van der Waals surface area contributed by atoms with Gasteiger partial charge in [0.25, 0.3) is 0 Å². The Kier molecular flexibility index (Phi) is 4.49. The number of nitrogens with zero attached hydrogens (tertiary/aromatic N) is 2. The molecule has 0 unspecified atom stereocenters. The van der Waals surface area contributed by atoms with Crippen molar-refractivity contribution in [2.45, 2.75) is 6.42 Å². The number of aliphatic carboxylic acids is 1. The highest BCUT2D eigenvalue weighted by atomic mass is 35.5. The molecule has 9 heteroatoms. The van der Waals surface area contributed by atoms with Crippen LogP contribution in [0.2, 0.25) is 5.02 Å².